The Hall–Kier alpha value is -0.540. The van der Waals surface area contributed by atoms with Gasteiger partial charge in [-0.15, -0.1) is 0 Å². The predicted octanol–water partition coefficient (Wildman–Crippen LogP) is 5.21. The van der Waals surface area contributed by atoms with Gasteiger partial charge in [0.15, 0.2) is 0 Å². The van der Waals surface area contributed by atoms with E-state index in [2.05, 4.69) is 54.9 Å². The maximum absolute atomic E-state index is 6.46. The van der Waals surface area contributed by atoms with Gasteiger partial charge in [0.1, 0.15) is 11.4 Å². The smallest absolute Gasteiger partial charge is 0.126 e. The molecular weight excluding hydrogens is 326 g/mol. The molecule has 2 N–H and O–H groups in total. The third kappa shape index (κ3) is 3.00. The highest BCUT2D eigenvalue weighted by Crippen LogP contribution is 2.49. The minimum absolute atomic E-state index is 0.0328. The van der Waals surface area contributed by atoms with Crippen molar-refractivity contribution in [1.82, 2.24) is 0 Å². The molecule has 1 fully saturated rings. The summed E-state index contributed by atoms with van der Waals surface area (Å²) in [6.45, 7) is 7.07. The van der Waals surface area contributed by atoms with Gasteiger partial charge in [-0.25, -0.2) is 0 Å². The van der Waals surface area contributed by atoms with Crippen molar-refractivity contribution in [1.29, 1.82) is 0 Å². The molecule has 3 rings (SSSR count). The van der Waals surface area contributed by atoms with Crippen LogP contribution in [0.3, 0.4) is 0 Å². The highest BCUT2D eigenvalue weighted by Gasteiger charge is 2.44. The number of benzene rings is 1. The Morgan fingerprint density at radius 2 is 1.90 bits per heavy atom. The summed E-state index contributed by atoms with van der Waals surface area (Å²) >= 11 is 3.54. The van der Waals surface area contributed by atoms with E-state index in [1.54, 1.807) is 0 Å². The van der Waals surface area contributed by atoms with Crippen LogP contribution in [0.2, 0.25) is 0 Å². The van der Waals surface area contributed by atoms with E-state index < -0.39 is 0 Å². The quantitative estimate of drug-likeness (QED) is 0.696. The van der Waals surface area contributed by atoms with Crippen molar-refractivity contribution in [2.24, 2.45) is 17.1 Å². The minimum atomic E-state index is -0.0328. The van der Waals surface area contributed by atoms with Crippen molar-refractivity contribution in [2.75, 3.05) is 0 Å². The summed E-state index contributed by atoms with van der Waals surface area (Å²) in [7, 11) is 0. The van der Waals surface area contributed by atoms with Gasteiger partial charge in [0.05, 0.1) is 0 Å². The molecule has 1 spiro atoms. The Morgan fingerprint density at radius 3 is 2.52 bits per heavy atom. The summed E-state index contributed by atoms with van der Waals surface area (Å²) in [6.07, 6.45) is 5.72. The second-order valence-electron chi connectivity index (χ2n) is 7.92. The second kappa shape index (κ2) is 5.27. The van der Waals surface area contributed by atoms with Gasteiger partial charge in [0.2, 0.25) is 0 Å². The lowest BCUT2D eigenvalue weighted by Crippen LogP contribution is -2.46. The van der Waals surface area contributed by atoms with Crippen LogP contribution in [0.4, 0.5) is 0 Å². The average molecular weight is 352 g/mol. The number of nitrogens with two attached hydrogens (primary N) is 1. The first kappa shape index (κ1) is 15.4. The normalized spacial score (nSPS) is 32.6. The monoisotopic (exact) mass is 351 g/mol. The third-order valence-corrected chi connectivity index (χ3v) is 5.91. The van der Waals surface area contributed by atoms with Gasteiger partial charge in [0.25, 0.3) is 0 Å². The first-order valence-electron chi connectivity index (χ1n) is 8.03. The van der Waals surface area contributed by atoms with Gasteiger partial charge < -0.3 is 10.5 Å². The van der Waals surface area contributed by atoms with E-state index in [9.17, 15) is 0 Å². The molecule has 1 aliphatic carbocycles. The predicted molar refractivity (Wildman–Crippen MR) is 90.5 cm³/mol. The van der Waals surface area contributed by atoms with Crippen LogP contribution in [0, 0.1) is 11.3 Å². The number of halogens is 1. The minimum Gasteiger partial charge on any atom is -0.487 e. The van der Waals surface area contributed by atoms with E-state index in [0.29, 0.717) is 5.41 Å². The van der Waals surface area contributed by atoms with Crippen LogP contribution in [0.1, 0.15) is 64.5 Å². The van der Waals surface area contributed by atoms with E-state index in [4.69, 9.17) is 10.5 Å². The average Bonchev–Trinajstić information content (AvgIpc) is 2.37. The van der Waals surface area contributed by atoms with E-state index >= 15 is 0 Å². The fourth-order valence-corrected chi connectivity index (χ4v) is 4.34. The standard InChI is InChI=1S/C18H26BrNO/c1-17(2,3)12-6-8-18(9-7-12)11-15(20)14-5-4-13(19)10-16(14)21-18/h4-5,10,12,15H,6-9,11,20H2,1-3H3. The van der Waals surface area contributed by atoms with Crippen molar-refractivity contribution < 1.29 is 4.74 Å². The van der Waals surface area contributed by atoms with Crippen molar-refractivity contribution in [3.63, 3.8) is 0 Å². The van der Waals surface area contributed by atoms with Gasteiger partial charge in [-0.3, -0.25) is 0 Å². The van der Waals surface area contributed by atoms with Crippen LogP contribution in [-0.2, 0) is 0 Å². The second-order valence-corrected chi connectivity index (χ2v) is 8.83. The van der Waals surface area contributed by atoms with E-state index in [0.717, 1.165) is 41.0 Å². The van der Waals surface area contributed by atoms with Gasteiger partial charge >= 0.3 is 0 Å². The van der Waals surface area contributed by atoms with Gasteiger partial charge in [-0.2, -0.15) is 0 Å². The maximum Gasteiger partial charge on any atom is 0.126 e. The zero-order chi connectivity index (χ0) is 15.3. The van der Waals surface area contributed by atoms with Crippen LogP contribution in [-0.4, -0.2) is 5.60 Å². The lowest BCUT2D eigenvalue weighted by molar-refractivity contribution is -0.0254. The molecular formula is C18H26BrNO. The molecule has 0 bridgehead atoms. The van der Waals surface area contributed by atoms with Crippen molar-refractivity contribution in [3.05, 3.63) is 28.2 Å². The van der Waals surface area contributed by atoms with Crippen molar-refractivity contribution in [2.45, 2.75) is 64.5 Å². The first-order valence-corrected chi connectivity index (χ1v) is 8.82. The summed E-state index contributed by atoms with van der Waals surface area (Å²) in [5.74, 6) is 1.78. The summed E-state index contributed by atoms with van der Waals surface area (Å²) in [5, 5.41) is 0. The van der Waals surface area contributed by atoms with E-state index in [1.165, 1.54) is 12.8 Å². The zero-order valence-corrected chi connectivity index (χ0v) is 14.9. The Kier molecular flexibility index (Phi) is 3.86. The van der Waals surface area contributed by atoms with E-state index in [1.807, 2.05) is 0 Å². The fourth-order valence-electron chi connectivity index (χ4n) is 4.00. The maximum atomic E-state index is 6.46. The Balaban J connectivity index is 1.80. The highest BCUT2D eigenvalue weighted by atomic mass is 79.9. The molecule has 0 aromatic heterocycles. The Labute approximate surface area is 136 Å². The molecule has 0 saturated heterocycles. The lowest BCUT2D eigenvalue weighted by atomic mass is 9.66. The molecule has 1 aromatic carbocycles. The SMILES string of the molecule is CC(C)(C)C1CCC2(CC1)CC(N)c1ccc(Br)cc1O2. The van der Waals surface area contributed by atoms with E-state index in [-0.39, 0.29) is 11.6 Å². The molecule has 2 nitrogen and oxygen atoms in total. The molecule has 1 saturated carbocycles. The Morgan fingerprint density at radius 1 is 1.24 bits per heavy atom. The summed E-state index contributed by atoms with van der Waals surface area (Å²) in [5.41, 5.74) is 7.95. The Bertz CT molecular complexity index is 527. The molecule has 1 atom stereocenters. The summed E-state index contributed by atoms with van der Waals surface area (Å²) in [4.78, 5) is 0. The molecule has 1 aliphatic heterocycles. The van der Waals surface area contributed by atoms with Crippen LogP contribution >= 0.6 is 15.9 Å². The molecule has 116 valence electrons. The van der Waals surface area contributed by atoms with Crippen molar-refractivity contribution >= 4 is 15.9 Å². The molecule has 21 heavy (non-hydrogen) atoms. The molecule has 0 amide bonds. The highest BCUT2D eigenvalue weighted by molar-refractivity contribution is 9.10. The third-order valence-electron chi connectivity index (χ3n) is 5.42. The number of fused-ring (bicyclic) bond motifs is 1. The van der Waals surface area contributed by atoms with Crippen LogP contribution in [0.15, 0.2) is 22.7 Å². The summed E-state index contributed by atoms with van der Waals surface area (Å²) in [6, 6.07) is 6.33. The number of ether oxygens (including phenoxy) is 1. The van der Waals surface area contributed by atoms with Gasteiger partial charge in [0, 0.05) is 22.5 Å². The molecule has 0 radical (unpaired) electrons. The van der Waals surface area contributed by atoms with Gasteiger partial charge in [-0.1, -0.05) is 42.8 Å². The molecule has 3 heteroatoms. The number of hydrogen-bond donors (Lipinski definition) is 1. The topological polar surface area (TPSA) is 35.2 Å². The largest absolute Gasteiger partial charge is 0.487 e. The van der Waals surface area contributed by atoms with Gasteiger partial charge in [-0.05, 0) is 49.1 Å². The lowest BCUT2D eigenvalue weighted by Gasteiger charge is -2.47. The molecule has 1 heterocycles. The first-order chi connectivity index (χ1) is 9.79. The molecule has 2 aliphatic rings. The number of rotatable bonds is 0. The van der Waals surface area contributed by atoms with Crippen LogP contribution in [0.5, 0.6) is 5.75 Å². The van der Waals surface area contributed by atoms with Crippen molar-refractivity contribution in [3.8, 4) is 5.75 Å². The molecule has 1 aromatic rings. The zero-order valence-electron chi connectivity index (χ0n) is 13.3. The molecule has 1 unspecified atom stereocenters. The van der Waals surface area contributed by atoms with Crippen LogP contribution in [0.25, 0.3) is 0 Å². The summed E-state index contributed by atoms with van der Waals surface area (Å²) < 4.78 is 7.53. The fraction of sp³-hybridized carbons (Fsp3) is 0.667. The van der Waals surface area contributed by atoms with Crippen LogP contribution < -0.4 is 10.5 Å². The number of hydrogen-bond acceptors (Lipinski definition) is 2.